The Morgan fingerprint density at radius 1 is 1.21 bits per heavy atom. The number of hydrogen-bond acceptors (Lipinski definition) is 9. The van der Waals surface area contributed by atoms with Crippen molar-refractivity contribution in [2.45, 2.75) is 6.18 Å². The van der Waals surface area contributed by atoms with Crippen LogP contribution in [0.15, 0.2) is 36.7 Å². The van der Waals surface area contributed by atoms with Crippen LogP contribution in [0.25, 0.3) is 22.3 Å². The molecule has 0 radical (unpaired) electrons. The number of morpholine rings is 1. The fourth-order valence-corrected chi connectivity index (χ4v) is 4.04. The predicted octanol–water partition coefficient (Wildman–Crippen LogP) is 4.37. The standard InChI is InChI=1S/C19H17ClN8O2S.C2HF3O2/c20-16-12-10-22-26-13(12)1-2-14(16)23-18-25-17(27-31-18)11-3-4-21-15(9-11)24-19(29)28-5-7-30-8-6-28;3-2(4,5)1(6)7/h1-4,9-10H,5-8H2,(H,22,26)(H,21,24,29)(H,23,25,27);(H,6,7). The first-order valence-electron chi connectivity index (χ1n) is 10.7. The molecule has 0 atom stereocenters. The van der Waals surface area contributed by atoms with Gasteiger partial charge in [0.25, 0.3) is 0 Å². The van der Waals surface area contributed by atoms with Gasteiger partial charge >= 0.3 is 18.2 Å². The summed E-state index contributed by atoms with van der Waals surface area (Å²) in [5.41, 5.74) is 2.32. The quantitative estimate of drug-likeness (QED) is 0.279. The number of fused-ring (bicyclic) bond motifs is 1. The second-order valence-corrected chi connectivity index (χ2v) is 8.70. The SMILES string of the molecule is O=C(Nc1cc(-c2nsc(Nc3ccc4[nH]ncc4c3Cl)n2)ccn1)N1CCOCC1.O=C(O)C(F)(F)F. The van der Waals surface area contributed by atoms with Crippen molar-refractivity contribution in [1.29, 1.82) is 0 Å². The average Bonchev–Trinajstić information content (AvgIpc) is 3.57. The molecule has 200 valence electrons. The summed E-state index contributed by atoms with van der Waals surface area (Å²) < 4.78 is 41.4. The third-order valence-electron chi connectivity index (χ3n) is 5.02. The number of carbonyl (C=O) groups is 2. The van der Waals surface area contributed by atoms with E-state index in [0.29, 0.717) is 53.8 Å². The van der Waals surface area contributed by atoms with Crippen LogP contribution in [0.2, 0.25) is 5.02 Å². The van der Waals surface area contributed by atoms with E-state index in [1.165, 1.54) is 11.5 Å². The number of H-pyrrole nitrogens is 1. The molecule has 0 spiro atoms. The highest BCUT2D eigenvalue weighted by Crippen LogP contribution is 2.33. The fourth-order valence-electron chi connectivity index (χ4n) is 3.18. The topological polar surface area (TPSA) is 158 Å². The lowest BCUT2D eigenvalue weighted by atomic mass is 10.2. The molecule has 0 bridgehead atoms. The third-order valence-corrected chi connectivity index (χ3v) is 6.06. The van der Waals surface area contributed by atoms with Crippen LogP contribution in [0.4, 0.5) is 34.6 Å². The zero-order valence-electron chi connectivity index (χ0n) is 19.1. The highest BCUT2D eigenvalue weighted by Gasteiger charge is 2.38. The number of nitrogens with one attached hydrogen (secondary N) is 3. The molecule has 1 aliphatic rings. The van der Waals surface area contributed by atoms with E-state index < -0.39 is 12.1 Å². The molecule has 4 heterocycles. The number of aromatic nitrogens is 5. The Labute approximate surface area is 221 Å². The number of ether oxygens (including phenoxy) is 1. The molecule has 1 aliphatic heterocycles. The minimum Gasteiger partial charge on any atom is -0.475 e. The third kappa shape index (κ3) is 6.64. The van der Waals surface area contributed by atoms with E-state index in [9.17, 15) is 18.0 Å². The number of pyridine rings is 1. The van der Waals surface area contributed by atoms with E-state index in [-0.39, 0.29) is 6.03 Å². The Hall–Kier alpha value is -4.02. The van der Waals surface area contributed by atoms with Gasteiger partial charge in [0.15, 0.2) is 5.82 Å². The largest absolute Gasteiger partial charge is 0.490 e. The zero-order chi connectivity index (χ0) is 27.3. The summed E-state index contributed by atoms with van der Waals surface area (Å²) in [5.74, 6) is -1.79. The van der Waals surface area contributed by atoms with E-state index >= 15 is 0 Å². The molecule has 0 aliphatic carbocycles. The predicted molar refractivity (Wildman–Crippen MR) is 133 cm³/mol. The smallest absolute Gasteiger partial charge is 0.475 e. The zero-order valence-corrected chi connectivity index (χ0v) is 20.7. The summed E-state index contributed by atoms with van der Waals surface area (Å²) in [4.78, 5) is 31.7. The van der Waals surface area contributed by atoms with Crippen molar-refractivity contribution >= 4 is 62.7 Å². The van der Waals surface area contributed by atoms with E-state index in [1.54, 1.807) is 29.4 Å². The maximum Gasteiger partial charge on any atom is 0.490 e. The van der Waals surface area contributed by atoms with E-state index in [2.05, 4.69) is 35.2 Å². The number of carbonyl (C=O) groups excluding carboxylic acids is 1. The lowest BCUT2D eigenvalue weighted by Gasteiger charge is -2.26. The van der Waals surface area contributed by atoms with Gasteiger partial charge in [-0.15, -0.1) is 0 Å². The van der Waals surface area contributed by atoms with E-state index in [0.717, 1.165) is 16.5 Å². The number of hydrogen-bond donors (Lipinski definition) is 4. The number of aliphatic carboxylic acids is 1. The summed E-state index contributed by atoms with van der Waals surface area (Å²) >= 11 is 7.68. The van der Waals surface area contributed by atoms with Gasteiger partial charge in [-0.05, 0) is 24.3 Å². The molecule has 12 nitrogen and oxygen atoms in total. The van der Waals surface area contributed by atoms with Gasteiger partial charge in [-0.25, -0.2) is 14.6 Å². The number of alkyl halides is 3. The van der Waals surface area contributed by atoms with E-state index in [4.69, 9.17) is 26.2 Å². The van der Waals surface area contributed by atoms with Gasteiger partial charge in [0.1, 0.15) is 5.82 Å². The molecule has 3 aromatic heterocycles. The molecule has 4 aromatic rings. The Morgan fingerprint density at radius 3 is 2.66 bits per heavy atom. The molecular weight excluding hydrogens is 553 g/mol. The summed E-state index contributed by atoms with van der Waals surface area (Å²) in [5, 5.41) is 22.0. The molecule has 0 unspecified atom stereocenters. The van der Waals surface area contributed by atoms with Crippen LogP contribution in [0.3, 0.4) is 0 Å². The first kappa shape index (κ1) is 27.0. The van der Waals surface area contributed by atoms with Crippen LogP contribution in [-0.4, -0.2) is 79.0 Å². The van der Waals surface area contributed by atoms with Gasteiger partial charge < -0.3 is 20.1 Å². The second-order valence-electron chi connectivity index (χ2n) is 7.57. The first-order valence-corrected chi connectivity index (χ1v) is 11.9. The Kier molecular flexibility index (Phi) is 8.23. The minimum atomic E-state index is -5.08. The number of halogens is 4. The molecular formula is C21H18ClF3N8O4S. The van der Waals surface area contributed by atoms with Gasteiger partial charge in [-0.1, -0.05) is 11.6 Å². The number of carboxylic acids is 1. The van der Waals surface area contributed by atoms with Crippen LogP contribution in [0, 0.1) is 0 Å². The van der Waals surface area contributed by atoms with Gasteiger partial charge in [-0.3, -0.25) is 10.4 Å². The molecule has 1 saturated heterocycles. The minimum absolute atomic E-state index is 0.203. The van der Waals surface area contributed by atoms with Crippen molar-refractivity contribution in [3.05, 3.63) is 41.7 Å². The van der Waals surface area contributed by atoms with Gasteiger partial charge in [0.05, 0.1) is 35.6 Å². The first-order chi connectivity index (χ1) is 18.1. The number of benzene rings is 1. The number of carboxylic acid groups (broad SMARTS) is 1. The molecule has 1 fully saturated rings. The molecule has 5 rings (SSSR count). The summed E-state index contributed by atoms with van der Waals surface area (Å²) in [6.07, 6.45) is -1.79. The number of urea groups is 1. The lowest BCUT2D eigenvalue weighted by Crippen LogP contribution is -2.43. The molecule has 38 heavy (non-hydrogen) atoms. The molecule has 4 N–H and O–H groups in total. The van der Waals surface area contributed by atoms with Crippen molar-refractivity contribution < 1.29 is 32.6 Å². The van der Waals surface area contributed by atoms with Crippen LogP contribution in [-0.2, 0) is 9.53 Å². The molecule has 17 heteroatoms. The van der Waals surface area contributed by atoms with Gasteiger partial charge in [0.2, 0.25) is 5.13 Å². The summed E-state index contributed by atoms with van der Waals surface area (Å²) in [6.45, 7) is 2.19. The number of nitrogens with zero attached hydrogens (tertiary/aromatic N) is 5. The van der Waals surface area contributed by atoms with Crippen LogP contribution in [0.1, 0.15) is 0 Å². The normalized spacial score (nSPS) is 13.5. The van der Waals surface area contributed by atoms with Crippen molar-refractivity contribution in [3.63, 3.8) is 0 Å². The molecule has 0 saturated carbocycles. The Balaban J connectivity index is 0.000000426. The molecule has 2 amide bonds. The number of amides is 2. The van der Waals surface area contributed by atoms with Crippen molar-refractivity contribution in [2.24, 2.45) is 0 Å². The van der Waals surface area contributed by atoms with Crippen molar-refractivity contribution in [1.82, 2.24) is 29.4 Å². The summed E-state index contributed by atoms with van der Waals surface area (Å²) in [6, 6.07) is 7.08. The van der Waals surface area contributed by atoms with Crippen molar-refractivity contribution in [3.8, 4) is 11.4 Å². The molecule has 1 aromatic carbocycles. The van der Waals surface area contributed by atoms with Crippen LogP contribution in [0.5, 0.6) is 0 Å². The van der Waals surface area contributed by atoms with Crippen LogP contribution < -0.4 is 10.6 Å². The number of aromatic amines is 1. The second kappa shape index (κ2) is 11.6. The number of anilines is 3. The maximum absolute atomic E-state index is 12.4. The Bertz CT molecular complexity index is 1440. The van der Waals surface area contributed by atoms with E-state index in [1.807, 2.05) is 12.1 Å². The highest BCUT2D eigenvalue weighted by atomic mass is 35.5. The van der Waals surface area contributed by atoms with Crippen molar-refractivity contribution in [2.75, 3.05) is 36.9 Å². The lowest BCUT2D eigenvalue weighted by molar-refractivity contribution is -0.192. The highest BCUT2D eigenvalue weighted by molar-refractivity contribution is 7.10. The number of rotatable bonds is 4. The van der Waals surface area contributed by atoms with Gasteiger partial charge in [0, 0.05) is 41.8 Å². The van der Waals surface area contributed by atoms with Crippen LogP contribution >= 0.6 is 23.1 Å². The van der Waals surface area contributed by atoms with Gasteiger partial charge in [-0.2, -0.15) is 27.6 Å². The fraction of sp³-hybridized carbons (Fsp3) is 0.238. The maximum atomic E-state index is 12.4. The Morgan fingerprint density at radius 2 is 1.95 bits per heavy atom. The monoisotopic (exact) mass is 570 g/mol. The summed E-state index contributed by atoms with van der Waals surface area (Å²) in [7, 11) is 0. The average molecular weight is 571 g/mol.